The van der Waals surface area contributed by atoms with E-state index in [1.54, 1.807) is 71.6 Å². The van der Waals surface area contributed by atoms with Gasteiger partial charge in [-0.15, -0.1) is 0 Å². The highest BCUT2D eigenvalue weighted by Gasteiger charge is 2.28. The van der Waals surface area contributed by atoms with Crippen molar-refractivity contribution in [1.29, 1.82) is 0 Å². The van der Waals surface area contributed by atoms with Crippen LogP contribution in [0, 0.1) is 0 Å². The highest BCUT2D eigenvalue weighted by atomic mass is 32.2. The molecule has 0 aromatic heterocycles. The number of anilines is 2. The summed E-state index contributed by atoms with van der Waals surface area (Å²) >= 11 is 0. The zero-order valence-electron chi connectivity index (χ0n) is 19.8. The third kappa shape index (κ3) is 5.67. The third-order valence-electron chi connectivity index (χ3n) is 5.71. The number of hydrogen-bond acceptors (Lipinski definition) is 6. The molecule has 1 saturated heterocycles. The van der Waals surface area contributed by atoms with Crippen LogP contribution in [-0.2, 0) is 19.6 Å². The molecule has 10 heteroatoms. The van der Waals surface area contributed by atoms with Gasteiger partial charge in [0.25, 0.3) is 15.9 Å². The average molecular weight is 510 g/mol. The molecule has 4 rings (SSSR count). The number of nitrogens with zero attached hydrogens (tertiary/aromatic N) is 2. The average Bonchev–Trinajstić information content (AvgIpc) is 2.92. The Labute approximate surface area is 210 Å². The molecule has 1 aliphatic heterocycles. The van der Waals surface area contributed by atoms with Crippen LogP contribution >= 0.6 is 0 Å². The van der Waals surface area contributed by atoms with Crippen molar-refractivity contribution in [3.63, 3.8) is 0 Å². The molecule has 1 heterocycles. The number of hydrogen-bond donors (Lipinski definition) is 1. The van der Waals surface area contributed by atoms with E-state index in [4.69, 9.17) is 9.47 Å². The Morgan fingerprint density at radius 2 is 1.58 bits per heavy atom. The summed E-state index contributed by atoms with van der Waals surface area (Å²) < 4.78 is 38.5. The van der Waals surface area contributed by atoms with Gasteiger partial charge in [-0.1, -0.05) is 30.3 Å². The first-order valence-corrected chi connectivity index (χ1v) is 12.8. The zero-order chi connectivity index (χ0) is 25.5. The first-order valence-electron chi connectivity index (χ1n) is 11.4. The van der Waals surface area contributed by atoms with Crippen molar-refractivity contribution in [1.82, 2.24) is 4.90 Å². The number of ether oxygens (including phenoxy) is 2. The van der Waals surface area contributed by atoms with Crippen LogP contribution in [-0.4, -0.2) is 65.1 Å². The van der Waals surface area contributed by atoms with E-state index < -0.39 is 22.5 Å². The maximum atomic E-state index is 13.5. The van der Waals surface area contributed by atoms with Crippen molar-refractivity contribution in [2.75, 3.05) is 49.6 Å². The van der Waals surface area contributed by atoms with E-state index >= 15 is 0 Å². The van der Waals surface area contributed by atoms with Gasteiger partial charge in [0.05, 0.1) is 42.2 Å². The van der Waals surface area contributed by atoms with Gasteiger partial charge >= 0.3 is 0 Å². The van der Waals surface area contributed by atoms with Gasteiger partial charge in [-0.25, -0.2) is 8.42 Å². The van der Waals surface area contributed by atoms with Crippen molar-refractivity contribution in [3.8, 4) is 5.75 Å². The molecular formula is C26H27N3O6S. The van der Waals surface area contributed by atoms with Gasteiger partial charge in [0.2, 0.25) is 5.91 Å². The minimum Gasteiger partial charge on any atom is -0.497 e. The number of nitrogens with one attached hydrogen (secondary N) is 1. The van der Waals surface area contributed by atoms with E-state index in [0.717, 1.165) is 4.31 Å². The topological polar surface area (TPSA) is 105 Å². The lowest BCUT2D eigenvalue weighted by Crippen LogP contribution is -2.41. The number of morpholine rings is 1. The number of rotatable bonds is 8. The van der Waals surface area contributed by atoms with Gasteiger partial charge in [0, 0.05) is 13.1 Å². The Morgan fingerprint density at radius 1 is 0.944 bits per heavy atom. The van der Waals surface area contributed by atoms with Crippen molar-refractivity contribution in [2.24, 2.45) is 0 Å². The van der Waals surface area contributed by atoms with Crippen LogP contribution in [0.15, 0.2) is 83.8 Å². The lowest BCUT2D eigenvalue weighted by molar-refractivity contribution is -0.114. The standard InChI is InChI=1S/C26H27N3O6S/c1-34-21-11-13-22(14-12-21)36(32,33)29(20-7-3-2-4-8-20)19-25(30)27-24-10-6-5-9-23(24)26(31)28-15-17-35-18-16-28/h2-14H,15-19H2,1H3,(H,27,30). The van der Waals surface area contributed by atoms with Gasteiger partial charge in [0.15, 0.2) is 0 Å². The van der Waals surface area contributed by atoms with Crippen LogP contribution in [0.2, 0.25) is 0 Å². The van der Waals surface area contributed by atoms with Crippen LogP contribution in [0.1, 0.15) is 10.4 Å². The van der Waals surface area contributed by atoms with Crippen LogP contribution in [0.5, 0.6) is 5.75 Å². The molecule has 0 spiro atoms. The smallest absolute Gasteiger partial charge is 0.264 e. The van der Waals surface area contributed by atoms with Crippen molar-refractivity contribution in [3.05, 3.63) is 84.4 Å². The summed E-state index contributed by atoms with van der Waals surface area (Å²) in [6, 6.07) is 21.0. The summed E-state index contributed by atoms with van der Waals surface area (Å²) in [5, 5.41) is 2.73. The molecular weight excluding hydrogens is 482 g/mol. The number of methoxy groups -OCH3 is 1. The largest absolute Gasteiger partial charge is 0.497 e. The molecule has 188 valence electrons. The Hall–Kier alpha value is -3.89. The number of sulfonamides is 1. The van der Waals surface area contributed by atoms with Crippen molar-refractivity contribution >= 4 is 33.2 Å². The van der Waals surface area contributed by atoms with Crippen molar-refractivity contribution < 1.29 is 27.5 Å². The molecule has 1 N–H and O–H groups in total. The molecule has 0 bridgehead atoms. The predicted molar refractivity (Wildman–Crippen MR) is 136 cm³/mol. The molecule has 3 aromatic rings. The summed E-state index contributed by atoms with van der Waals surface area (Å²) in [4.78, 5) is 27.9. The maximum Gasteiger partial charge on any atom is 0.264 e. The fraction of sp³-hybridized carbons (Fsp3) is 0.231. The Balaban J connectivity index is 1.59. The van der Waals surface area contributed by atoms with E-state index in [0.29, 0.717) is 49.0 Å². The number of carbonyl (C=O) groups is 2. The summed E-state index contributed by atoms with van der Waals surface area (Å²) in [6.07, 6.45) is 0. The molecule has 9 nitrogen and oxygen atoms in total. The monoisotopic (exact) mass is 509 g/mol. The molecule has 0 unspecified atom stereocenters. The fourth-order valence-electron chi connectivity index (χ4n) is 3.82. The molecule has 3 aromatic carbocycles. The highest BCUT2D eigenvalue weighted by Crippen LogP contribution is 2.25. The van der Waals surface area contributed by atoms with E-state index in [9.17, 15) is 18.0 Å². The second kappa shape index (κ2) is 11.2. The number of carbonyl (C=O) groups excluding carboxylic acids is 2. The maximum absolute atomic E-state index is 13.5. The molecule has 1 fully saturated rings. The van der Waals surface area contributed by atoms with Crippen LogP contribution in [0.3, 0.4) is 0 Å². The minimum atomic E-state index is -4.08. The molecule has 0 radical (unpaired) electrons. The second-order valence-electron chi connectivity index (χ2n) is 8.02. The summed E-state index contributed by atoms with van der Waals surface area (Å²) in [6.45, 7) is 1.34. The van der Waals surface area contributed by atoms with E-state index in [1.807, 2.05) is 0 Å². The molecule has 0 atom stereocenters. The second-order valence-corrected chi connectivity index (χ2v) is 9.88. The number of para-hydroxylation sites is 2. The zero-order valence-corrected chi connectivity index (χ0v) is 20.6. The molecule has 36 heavy (non-hydrogen) atoms. The molecule has 1 aliphatic rings. The number of amides is 2. The van der Waals surface area contributed by atoms with Crippen LogP contribution in [0.4, 0.5) is 11.4 Å². The van der Waals surface area contributed by atoms with Crippen LogP contribution < -0.4 is 14.4 Å². The summed E-state index contributed by atoms with van der Waals surface area (Å²) in [5.41, 5.74) is 0.979. The SMILES string of the molecule is COc1ccc(S(=O)(=O)N(CC(=O)Nc2ccccc2C(=O)N2CCOCC2)c2ccccc2)cc1. The Bertz CT molecular complexity index is 1310. The third-order valence-corrected chi connectivity index (χ3v) is 7.50. The quantitative estimate of drug-likeness (QED) is 0.501. The normalized spacial score (nSPS) is 13.6. The summed E-state index contributed by atoms with van der Waals surface area (Å²) in [7, 11) is -2.59. The molecule has 0 aliphatic carbocycles. The summed E-state index contributed by atoms with van der Waals surface area (Å²) in [5.74, 6) is -0.294. The minimum absolute atomic E-state index is 0.0165. The van der Waals surface area contributed by atoms with Gasteiger partial charge in [-0.05, 0) is 48.5 Å². The van der Waals surface area contributed by atoms with E-state index in [2.05, 4.69) is 5.32 Å². The first kappa shape index (κ1) is 25.2. The van der Waals surface area contributed by atoms with Gasteiger partial charge in [-0.3, -0.25) is 13.9 Å². The Kier molecular flexibility index (Phi) is 7.87. The lowest BCUT2D eigenvalue weighted by Gasteiger charge is -2.28. The first-order chi connectivity index (χ1) is 17.4. The number of benzene rings is 3. The Morgan fingerprint density at radius 3 is 2.25 bits per heavy atom. The van der Waals surface area contributed by atoms with Gasteiger partial charge in [0.1, 0.15) is 12.3 Å². The van der Waals surface area contributed by atoms with Gasteiger partial charge < -0.3 is 19.7 Å². The van der Waals surface area contributed by atoms with Crippen molar-refractivity contribution in [2.45, 2.75) is 4.90 Å². The van der Waals surface area contributed by atoms with E-state index in [-0.39, 0.29) is 10.8 Å². The highest BCUT2D eigenvalue weighted by molar-refractivity contribution is 7.92. The molecule has 0 saturated carbocycles. The van der Waals surface area contributed by atoms with Gasteiger partial charge in [-0.2, -0.15) is 0 Å². The lowest BCUT2D eigenvalue weighted by atomic mass is 10.1. The fourth-order valence-corrected chi connectivity index (χ4v) is 5.24. The van der Waals surface area contributed by atoms with E-state index in [1.165, 1.54) is 19.2 Å². The molecule has 2 amide bonds. The van der Waals surface area contributed by atoms with Crippen LogP contribution in [0.25, 0.3) is 0 Å². The predicted octanol–water partition coefficient (Wildman–Crippen LogP) is 3.00.